The summed E-state index contributed by atoms with van der Waals surface area (Å²) < 4.78 is 28.4. The first-order chi connectivity index (χ1) is 8.75. The minimum absolute atomic E-state index is 0.187. The lowest BCUT2D eigenvalue weighted by atomic mass is 10.0. The third-order valence-corrected chi connectivity index (χ3v) is 4.33. The van der Waals surface area contributed by atoms with Crippen LogP contribution in [-0.4, -0.2) is 9.30 Å². The number of nitrogens with zero attached hydrogens (tertiary/aromatic N) is 1. The highest BCUT2D eigenvalue weighted by Crippen LogP contribution is 2.22. The molecule has 104 valence electrons. The fourth-order valence-electron chi connectivity index (χ4n) is 1.52. The van der Waals surface area contributed by atoms with Gasteiger partial charge in [0.2, 0.25) is 0 Å². The number of nitriles is 1. The van der Waals surface area contributed by atoms with Gasteiger partial charge in [0.25, 0.3) is 0 Å². The van der Waals surface area contributed by atoms with Gasteiger partial charge in [-0.3, -0.25) is 0 Å². The van der Waals surface area contributed by atoms with Gasteiger partial charge in [0.15, 0.2) is 0 Å². The van der Waals surface area contributed by atoms with Crippen LogP contribution in [-0.2, 0) is 17.8 Å². The number of hydrogen-bond donors (Lipinski definition) is 1. The summed E-state index contributed by atoms with van der Waals surface area (Å²) in [6.45, 7) is 7.34. The third-order valence-electron chi connectivity index (χ3n) is 2.65. The van der Waals surface area contributed by atoms with Gasteiger partial charge >= 0.3 is 0 Å². The molecule has 0 spiro atoms. The summed E-state index contributed by atoms with van der Waals surface area (Å²) in [7, 11) is 0. The monoisotopic (exact) mass is 282 g/mol. The van der Waals surface area contributed by atoms with Gasteiger partial charge in [0, 0.05) is 16.9 Å². The molecule has 0 fully saturated rings. The molecule has 0 aliphatic rings. The van der Waals surface area contributed by atoms with Crippen molar-refractivity contribution in [1.29, 1.82) is 5.26 Å². The molecule has 0 saturated heterocycles. The molecule has 1 unspecified atom stereocenters. The fraction of sp³-hybridized carbons (Fsp3) is 0.500. The molecule has 0 heterocycles. The third kappa shape index (κ3) is 4.50. The van der Waals surface area contributed by atoms with Crippen molar-refractivity contribution in [3.8, 4) is 6.07 Å². The maximum atomic E-state index is 13.9. The summed E-state index contributed by atoms with van der Waals surface area (Å²) in [4.78, 5) is 0. The van der Waals surface area contributed by atoms with Crippen molar-refractivity contribution in [2.24, 2.45) is 0 Å². The van der Waals surface area contributed by atoms with E-state index < -0.39 is 16.1 Å². The molecule has 0 saturated carbocycles. The lowest BCUT2D eigenvalue weighted by Gasteiger charge is -2.26. The second-order valence-electron chi connectivity index (χ2n) is 5.41. The highest BCUT2D eigenvalue weighted by molar-refractivity contribution is 7.90. The predicted molar refractivity (Wildman–Crippen MR) is 75.2 cm³/mol. The van der Waals surface area contributed by atoms with E-state index in [2.05, 4.69) is 4.72 Å². The molecule has 1 rings (SSSR count). The van der Waals surface area contributed by atoms with Crippen molar-refractivity contribution in [3.63, 3.8) is 0 Å². The Labute approximate surface area is 117 Å². The van der Waals surface area contributed by atoms with Crippen LogP contribution >= 0.6 is 0 Å². The van der Waals surface area contributed by atoms with Crippen LogP contribution in [0.5, 0.6) is 0 Å². The van der Waals surface area contributed by atoms with Crippen molar-refractivity contribution < 1.29 is 8.94 Å². The van der Waals surface area contributed by atoms with Gasteiger partial charge in [0.05, 0.1) is 18.5 Å². The van der Waals surface area contributed by atoms with Crippen molar-refractivity contribution in [1.82, 2.24) is 4.72 Å². The zero-order chi connectivity index (χ0) is 14.6. The summed E-state index contributed by atoms with van der Waals surface area (Å²) in [6.07, 6.45) is 0.187. The van der Waals surface area contributed by atoms with Crippen molar-refractivity contribution in [2.45, 2.75) is 44.9 Å². The number of rotatable bonds is 4. The van der Waals surface area contributed by atoms with Crippen molar-refractivity contribution in [2.75, 3.05) is 0 Å². The molecule has 1 aromatic carbocycles. The van der Waals surface area contributed by atoms with Crippen LogP contribution in [0.3, 0.4) is 0 Å². The van der Waals surface area contributed by atoms with Gasteiger partial charge in [0.1, 0.15) is 10.6 Å². The molecule has 0 aromatic heterocycles. The summed E-state index contributed by atoms with van der Waals surface area (Å²) in [5, 5.41) is 8.57. The summed E-state index contributed by atoms with van der Waals surface area (Å²) in [5.41, 5.74) is 1.10. The highest BCUT2D eigenvalue weighted by atomic mass is 32.2. The molecule has 3 nitrogen and oxygen atoms in total. The Kier molecular flexibility index (Phi) is 5.36. The normalized spacial score (nSPS) is 14.8. The van der Waals surface area contributed by atoms with Gasteiger partial charge < -0.3 is 4.55 Å². The lowest BCUT2D eigenvalue weighted by molar-refractivity contribution is 0.522. The van der Waals surface area contributed by atoms with E-state index in [0.717, 1.165) is 0 Å². The second kappa shape index (κ2) is 6.38. The topological polar surface area (TPSA) is 58.9 Å². The van der Waals surface area contributed by atoms with Crippen LogP contribution in [0, 0.1) is 17.1 Å². The molecular weight excluding hydrogens is 263 g/mol. The van der Waals surface area contributed by atoms with Gasteiger partial charge in [-0.25, -0.2) is 4.39 Å². The Morgan fingerprint density at radius 3 is 2.58 bits per heavy atom. The largest absolute Gasteiger partial charge is 0.598 e. The molecule has 1 N–H and O–H groups in total. The molecule has 0 radical (unpaired) electrons. The van der Waals surface area contributed by atoms with Crippen LogP contribution in [0.4, 0.5) is 4.39 Å². The van der Waals surface area contributed by atoms with Gasteiger partial charge in [-0.15, -0.1) is 4.72 Å². The van der Waals surface area contributed by atoms with E-state index in [1.807, 2.05) is 26.8 Å². The first kappa shape index (κ1) is 16.0. The van der Waals surface area contributed by atoms with E-state index in [9.17, 15) is 8.94 Å². The molecular formula is C14H19FN2OS. The fourth-order valence-corrected chi connectivity index (χ4v) is 2.33. The zero-order valence-electron chi connectivity index (χ0n) is 11.7. The maximum Gasteiger partial charge on any atom is 0.136 e. The van der Waals surface area contributed by atoms with Crippen LogP contribution in [0.1, 0.15) is 44.9 Å². The molecule has 19 heavy (non-hydrogen) atoms. The van der Waals surface area contributed by atoms with Gasteiger partial charge in [-0.1, -0.05) is 12.1 Å². The molecule has 0 bridgehead atoms. The maximum absolute atomic E-state index is 13.9. The molecule has 5 heteroatoms. The Bertz CT molecular complexity index is 479. The number of halogens is 1. The standard InChI is InChI=1S/C14H19FN2OS/c1-10(17-19(18)14(2,3)4)12-6-5-11(7-8-16)9-13(12)15/h5-6,9-10,17H,7H2,1-4H3/t10?,19-/m1/s1. The number of benzene rings is 1. The first-order valence-corrected chi connectivity index (χ1v) is 7.24. The quantitative estimate of drug-likeness (QED) is 0.864. The van der Waals surface area contributed by atoms with E-state index in [-0.39, 0.29) is 18.3 Å². The lowest BCUT2D eigenvalue weighted by Crippen LogP contribution is -2.40. The van der Waals surface area contributed by atoms with Crippen molar-refractivity contribution >= 4 is 11.4 Å². The van der Waals surface area contributed by atoms with Crippen LogP contribution < -0.4 is 4.72 Å². The number of nitrogens with one attached hydrogen (secondary N) is 1. The first-order valence-electron chi connectivity index (χ1n) is 6.09. The molecule has 0 aliphatic carbocycles. The minimum atomic E-state index is -1.25. The van der Waals surface area contributed by atoms with Crippen LogP contribution in [0.2, 0.25) is 0 Å². The molecule has 2 atom stereocenters. The summed E-state index contributed by atoms with van der Waals surface area (Å²) >= 11 is -1.25. The van der Waals surface area contributed by atoms with Gasteiger partial charge in [-0.05, 0) is 39.3 Å². The summed E-state index contributed by atoms with van der Waals surface area (Å²) in [5.74, 6) is -0.376. The van der Waals surface area contributed by atoms with Crippen LogP contribution in [0.25, 0.3) is 0 Å². The minimum Gasteiger partial charge on any atom is -0.598 e. The smallest absolute Gasteiger partial charge is 0.136 e. The Balaban J connectivity index is 2.83. The molecule has 0 amide bonds. The molecule has 0 aliphatic heterocycles. The van der Waals surface area contributed by atoms with E-state index >= 15 is 0 Å². The predicted octanol–water partition coefficient (Wildman–Crippen LogP) is 3.00. The zero-order valence-corrected chi connectivity index (χ0v) is 12.5. The molecule has 1 aromatic rings. The summed E-state index contributed by atoms with van der Waals surface area (Å²) in [6, 6.07) is 6.35. The van der Waals surface area contributed by atoms with E-state index in [4.69, 9.17) is 5.26 Å². The van der Waals surface area contributed by atoms with Gasteiger partial charge in [-0.2, -0.15) is 5.26 Å². The van der Waals surface area contributed by atoms with Crippen molar-refractivity contribution in [3.05, 3.63) is 35.1 Å². The highest BCUT2D eigenvalue weighted by Gasteiger charge is 2.29. The number of hydrogen-bond acceptors (Lipinski definition) is 3. The van der Waals surface area contributed by atoms with E-state index in [0.29, 0.717) is 11.1 Å². The average Bonchev–Trinajstić information content (AvgIpc) is 2.27. The second-order valence-corrected chi connectivity index (χ2v) is 7.41. The van der Waals surface area contributed by atoms with E-state index in [1.165, 1.54) is 6.07 Å². The SMILES string of the molecule is CC(N[S@+]([O-])C(C)(C)C)c1ccc(CC#N)cc1F. The van der Waals surface area contributed by atoms with Crippen LogP contribution in [0.15, 0.2) is 18.2 Å². The average molecular weight is 282 g/mol. The Hall–Kier alpha value is -1.09. The van der Waals surface area contributed by atoms with E-state index in [1.54, 1.807) is 19.1 Å². The Morgan fingerprint density at radius 1 is 1.47 bits per heavy atom. The Morgan fingerprint density at radius 2 is 2.11 bits per heavy atom.